The number of aromatic amines is 1. The van der Waals surface area contributed by atoms with Crippen molar-refractivity contribution in [3.63, 3.8) is 0 Å². The van der Waals surface area contributed by atoms with Gasteiger partial charge in [0.1, 0.15) is 0 Å². The molecule has 23 heavy (non-hydrogen) atoms. The van der Waals surface area contributed by atoms with Gasteiger partial charge >= 0.3 is 12.8 Å². The zero-order valence-corrected chi connectivity index (χ0v) is 13.8. The number of imidazole rings is 1. The first kappa shape index (κ1) is 15.9. The highest BCUT2D eigenvalue weighted by Gasteiger charge is 2.51. The lowest BCUT2D eigenvalue weighted by Gasteiger charge is -2.32. The summed E-state index contributed by atoms with van der Waals surface area (Å²) in [5.74, 6) is -0.135. The molecule has 2 N–H and O–H groups in total. The van der Waals surface area contributed by atoms with Gasteiger partial charge in [-0.2, -0.15) is 0 Å². The fourth-order valence-corrected chi connectivity index (χ4v) is 2.49. The average Bonchev–Trinajstić information content (AvgIpc) is 2.86. The molecule has 3 rings (SSSR count). The van der Waals surface area contributed by atoms with Crippen LogP contribution in [0.25, 0.3) is 0 Å². The number of aromatic nitrogens is 2. The van der Waals surface area contributed by atoms with Crippen LogP contribution in [0.1, 0.15) is 33.3 Å². The van der Waals surface area contributed by atoms with Crippen LogP contribution >= 0.6 is 0 Å². The molecule has 122 valence electrons. The van der Waals surface area contributed by atoms with E-state index in [1.165, 1.54) is 10.8 Å². The van der Waals surface area contributed by atoms with Crippen molar-refractivity contribution in [1.82, 2.24) is 9.55 Å². The van der Waals surface area contributed by atoms with Gasteiger partial charge in [-0.05, 0) is 38.7 Å². The Bertz CT molecular complexity index is 745. The molecule has 0 spiro atoms. The molecule has 6 nitrogen and oxygen atoms in total. The minimum Gasteiger partial charge on any atom is -0.493 e. The van der Waals surface area contributed by atoms with Gasteiger partial charge in [-0.1, -0.05) is 24.3 Å². The number of H-pyrrole nitrogens is 1. The van der Waals surface area contributed by atoms with Crippen LogP contribution in [0.5, 0.6) is 5.88 Å². The summed E-state index contributed by atoms with van der Waals surface area (Å²) in [6.45, 7) is 8.47. The van der Waals surface area contributed by atoms with E-state index in [2.05, 4.69) is 4.98 Å². The van der Waals surface area contributed by atoms with Crippen molar-refractivity contribution in [3.05, 3.63) is 46.5 Å². The van der Waals surface area contributed by atoms with Crippen LogP contribution in [0.2, 0.25) is 0 Å². The van der Waals surface area contributed by atoms with Gasteiger partial charge in [0.05, 0.1) is 23.9 Å². The van der Waals surface area contributed by atoms with Crippen LogP contribution in [0.15, 0.2) is 35.3 Å². The largest absolute Gasteiger partial charge is 0.494 e. The average molecular weight is 316 g/mol. The lowest BCUT2D eigenvalue weighted by molar-refractivity contribution is 0.00578. The molecular formula is C16H21BN2O4. The Balaban J connectivity index is 1.76. The summed E-state index contributed by atoms with van der Waals surface area (Å²) in [5, 5.41) is 9.29. The summed E-state index contributed by atoms with van der Waals surface area (Å²) in [7, 11) is -0.395. The molecule has 7 heteroatoms. The molecular weight excluding hydrogens is 295 g/mol. The van der Waals surface area contributed by atoms with E-state index in [-0.39, 0.29) is 22.8 Å². The fourth-order valence-electron chi connectivity index (χ4n) is 2.49. The van der Waals surface area contributed by atoms with Crippen molar-refractivity contribution >= 4 is 12.6 Å². The van der Waals surface area contributed by atoms with Gasteiger partial charge in [0.15, 0.2) is 0 Å². The maximum Gasteiger partial charge on any atom is 0.494 e. The normalized spacial score (nSPS) is 19.2. The van der Waals surface area contributed by atoms with Crippen LogP contribution in [0.3, 0.4) is 0 Å². The van der Waals surface area contributed by atoms with Crippen LogP contribution in [-0.4, -0.2) is 33.0 Å². The Morgan fingerprint density at radius 3 is 2.17 bits per heavy atom. The first-order valence-electron chi connectivity index (χ1n) is 7.61. The molecule has 1 aromatic heterocycles. The van der Waals surface area contributed by atoms with Gasteiger partial charge in [-0.15, -0.1) is 0 Å². The molecule has 1 saturated heterocycles. The van der Waals surface area contributed by atoms with Crippen LogP contribution in [-0.2, 0) is 15.9 Å². The maximum atomic E-state index is 11.6. The molecule has 1 fully saturated rings. The van der Waals surface area contributed by atoms with E-state index in [4.69, 9.17) is 9.31 Å². The number of rotatable bonds is 3. The molecule has 0 atom stereocenters. The topological polar surface area (TPSA) is 76.5 Å². The van der Waals surface area contributed by atoms with E-state index in [1.807, 2.05) is 52.0 Å². The van der Waals surface area contributed by atoms with Crippen LogP contribution in [0, 0.1) is 0 Å². The number of nitrogens with one attached hydrogen (secondary N) is 1. The van der Waals surface area contributed by atoms with E-state index in [1.54, 1.807) is 0 Å². The summed E-state index contributed by atoms with van der Waals surface area (Å²) >= 11 is 0. The first-order valence-corrected chi connectivity index (χ1v) is 7.61. The van der Waals surface area contributed by atoms with E-state index >= 15 is 0 Å². The summed E-state index contributed by atoms with van der Waals surface area (Å²) in [4.78, 5) is 13.9. The predicted octanol–water partition coefficient (Wildman–Crippen LogP) is 1.23. The lowest BCUT2D eigenvalue weighted by Crippen LogP contribution is -2.41. The first-order chi connectivity index (χ1) is 10.7. The van der Waals surface area contributed by atoms with Gasteiger partial charge < -0.3 is 14.4 Å². The number of hydrogen-bond donors (Lipinski definition) is 2. The standard InChI is InChI=1S/C16H21BN2O4/c1-15(2)16(3,4)23-17(22-15)12-7-5-11(6-8-12)9-19-10-13(20)18-14(19)21/h5-8,10,20H,9H2,1-4H3,(H,18,21). The van der Waals surface area contributed by atoms with Gasteiger partial charge in [0.2, 0.25) is 5.88 Å². The molecule has 0 radical (unpaired) electrons. The summed E-state index contributed by atoms with van der Waals surface area (Å²) < 4.78 is 13.4. The van der Waals surface area contributed by atoms with Crippen molar-refractivity contribution in [1.29, 1.82) is 0 Å². The molecule has 0 amide bonds. The molecule has 2 aromatic rings. The molecule has 0 bridgehead atoms. The minimum absolute atomic E-state index is 0.135. The number of nitrogens with zero attached hydrogens (tertiary/aromatic N) is 1. The third-order valence-electron chi connectivity index (χ3n) is 4.63. The van der Waals surface area contributed by atoms with Gasteiger partial charge in [0, 0.05) is 0 Å². The second-order valence-corrected chi connectivity index (χ2v) is 6.90. The fraction of sp³-hybridized carbons (Fsp3) is 0.438. The lowest BCUT2D eigenvalue weighted by atomic mass is 9.79. The third kappa shape index (κ3) is 2.94. The predicted molar refractivity (Wildman–Crippen MR) is 88.0 cm³/mol. The molecule has 1 aliphatic heterocycles. The second kappa shape index (κ2) is 5.28. The van der Waals surface area contributed by atoms with E-state index in [0.29, 0.717) is 6.54 Å². The molecule has 0 unspecified atom stereocenters. The Hall–Kier alpha value is -1.99. The minimum atomic E-state index is -0.395. The monoisotopic (exact) mass is 316 g/mol. The number of hydrogen-bond acceptors (Lipinski definition) is 4. The zero-order valence-electron chi connectivity index (χ0n) is 13.8. The molecule has 1 aromatic carbocycles. The maximum absolute atomic E-state index is 11.6. The van der Waals surface area contributed by atoms with Crippen molar-refractivity contribution in [2.24, 2.45) is 0 Å². The van der Waals surface area contributed by atoms with E-state index in [9.17, 15) is 9.90 Å². The molecule has 0 aliphatic carbocycles. The van der Waals surface area contributed by atoms with E-state index in [0.717, 1.165) is 11.0 Å². The van der Waals surface area contributed by atoms with Gasteiger partial charge in [0.25, 0.3) is 0 Å². The van der Waals surface area contributed by atoms with E-state index < -0.39 is 7.12 Å². The highest BCUT2D eigenvalue weighted by Crippen LogP contribution is 2.36. The van der Waals surface area contributed by atoms with Gasteiger partial charge in [-0.3, -0.25) is 9.55 Å². The molecule has 2 heterocycles. The van der Waals surface area contributed by atoms with Crippen LogP contribution < -0.4 is 11.2 Å². The summed E-state index contributed by atoms with van der Waals surface area (Å²) in [6, 6.07) is 7.73. The Labute approximate surface area is 135 Å². The Kier molecular flexibility index (Phi) is 3.65. The molecule has 0 saturated carbocycles. The Morgan fingerprint density at radius 2 is 1.70 bits per heavy atom. The van der Waals surface area contributed by atoms with Crippen LogP contribution in [0.4, 0.5) is 0 Å². The molecule has 1 aliphatic rings. The quantitative estimate of drug-likeness (QED) is 0.835. The SMILES string of the molecule is CC1(C)OB(c2ccc(Cn3cc(O)[nH]c3=O)cc2)OC1(C)C. The second-order valence-electron chi connectivity index (χ2n) is 6.90. The highest BCUT2D eigenvalue weighted by molar-refractivity contribution is 6.62. The number of benzene rings is 1. The number of aromatic hydroxyl groups is 1. The van der Waals surface area contributed by atoms with Crippen molar-refractivity contribution in [2.75, 3.05) is 0 Å². The third-order valence-corrected chi connectivity index (χ3v) is 4.63. The van der Waals surface area contributed by atoms with Crippen molar-refractivity contribution in [3.8, 4) is 5.88 Å². The smallest absolute Gasteiger partial charge is 0.493 e. The Morgan fingerprint density at radius 1 is 1.13 bits per heavy atom. The summed E-state index contributed by atoms with van der Waals surface area (Å²) in [5.41, 5.74) is 0.819. The van der Waals surface area contributed by atoms with Crippen molar-refractivity contribution < 1.29 is 14.4 Å². The summed E-state index contributed by atoms with van der Waals surface area (Å²) in [6.07, 6.45) is 1.38. The zero-order chi connectivity index (χ0) is 16.8. The highest BCUT2D eigenvalue weighted by atomic mass is 16.7. The van der Waals surface area contributed by atoms with Gasteiger partial charge in [-0.25, -0.2) is 4.79 Å². The van der Waals surface area contributed by atoms with Crippen molar-refractivity contribution in [2.45, 2.75) is 45.4 Å².